The highest BCUT2D eigenvalue weighted by Crippen LogP contribution is 2.28. The van der Waals surface area contributed by atoms with Crippen molar-refractivity contribution in [3.8, 4) is 0 Å². The van der Waals surface area contributed by atoms with Crippen LogP contribution in [0.1, 0.15) is 24.8 Å². The summed E-state index contributed by atoms with van der Waals surface area (Å²) in [4.78, 5) is 6.58. The topological polar surface area (TPSA) is 42.2 Å². The third kappa shape index (κ3) is 2.22. The molecule has 0 unspecified atom stereocenters. The Hall–Kier alpha value is -1.25. The summed E-state index contributed by atoms with van der Waals surface area (Å²) in [5, 5.41) is 0. The van der Waals surface area contributed by atoms with Gasteiger partial charge in [0.25, 0.3) is 0 Å². The molecular weight excluding hydrogens is 186 g/mol. The fraction of sp³-hybridized carbons (Fsp3) is 0.583. The molecule has 0 radical (unpaired) electrons. The lowest BCUT2D eigenvalue weighted by atomic mass is 9.85. The quantitative estimate of drug-likeness (QED) is 0.822. The third-order valence-electron chi connectivity index (χ3n) is 3.28. The van der Waals surface area contributed by atoms with E-state index in [0.29, 0.717) is 0 Å². The van der Waals surface area contributed by atoms with E-state index in [-0.39, 0.29) is 0 Å². The fourth-order valence-electron chi connectivity index (χ4n) is 1.92. The predicted molar refractivity (Wildman–Crippen MR) is 64.0 cm³/mol. The zero-order valence-electron chi connectivity index (χ0n) is 9.53. The SMILES string of the molecule is Cc1cc(N(C)CC2CCC2)ncc1N. The van der Waals surface area contributed by atoms with Crippen molar-refractivity contribution in [3.05, 3.63) is 17.8 Å². The minimum absolute atomic E-state index is 0.774. The Labute approximate surface area is 91.3 Å². The Morgan fingerprint density at radius 2 is 2.27 bits per heavy atom. The van der Waals surface area contributed by atoms with Crippen molar-refractivity contribution in [3.63, 3.8) is 0 Å². The van der Waals surface area contributed by atoms with Gasteiger partial charge in [-0.2, -0.15) is 0 Å². The number of nitrogens with two attached hydrogens (primary N) is 1. The number of aryl methyl sites for hydroxylation is 1. The number of rotatable bonds is 3. The molecule has 1 fully saturated rings. The fourth-order valence-corrected chi connectivity index (χ4v) is 1.92. The van der Waals surface area contributed by atoms with E-state index in [1.807, 2.05) is 6.92 Å². The largest absolute Gasteiger partial charge is 0.397 e. The Morgan fingerprint density at radius 3 is 2.80 bits per heavy atom. The van der Waals surface area contributed by atoms with Gasteiger partial charge in [0.15, 0.2) is 0 Å². The van der Waals surface area contributed by atoms with E-state index >= 15 is 0 Å². The van der Waals surface area contributed by atoms with Gasteiger partial charge in [-0.25, -0.2) is 4.98 Å². The van der Waals surface area contributed by atoms with Crippen molar-refractivity contribution in [2.75, 3.05) is 24.2 Å². The number of anilines is 2. The zero-order chi connectivity index (χ0) is 10.8. The number of hydrogen-bond donors (Lipinski definition) is 1. The van der Waals surface area contributed by atoms with Gasteiger partial charge in [-0.3, -0.25) is 0 Å². The van der Waals surface area contributed by atoms with E-state index in [1.54, 1.807) is 6.20 Å². The van der Waals surface area contributed by atoms with E-state index in [9.17, 15) is 0 Å². The second-order valence-electron chi connectivity index (χ2n) is 4.58. The van der Waals surface area contributed by atoms with Gasteiger partial charge in [0.1, 0.15) is 5.82 Å². The molecule has 2 rings (SSSR count). The van der Waals surface area contributed by atoms with Crippen LogP contribution < -0.4 is 10.6 Å². The van der Waals surface area contributed by atoms with E-state index in [1.165, 1.54) is 19.3 Å². The second-order valence-corrected chi connectivity index (χ2v) is 4.58. The van der Waals surface area contributed by atoms with Crippen LogP contribution in [0.3, 0.4) is 0 Å². The molecule has 3 heteroatoms. The van der Waals surface area contributed by atoms with Crippen molar-refractivity contribution < 1.29 is 0 Å². The second kappa shape index (κ2) is 4.09. The Kier molecular flexibility index (Phi) is 2.80. The van der Waals surface area contributed by atoms with Crippen molar-refractivity contribution >= 4 is 11.5 Å². The summed E-state index contributed by atoms with van der Waals surface area (Å²) in [5.41, 5.74) is 7.63. The molecule has 1 heterocycles. The first kappa shape index (κ1) is 10.3. The normalized spacial score (nSPS) is 16.1. The molecule has 82 valence electrons. The molecule has 0 aromatic carbocycles. The maximum Gasteiger partial charge on any atom is 0.128 e. The summed E-state index contributed by atoms with van der Waals surface area (Å²) in [6, 6.07) is 2.06. The van der Waals surface area contributed by atoms with Crippen LogP contribution in [-0.4, -0.2) is 18.6 Å². The maximum absolute atomic E-state index is 5.75. The van der Waals surface area contributed by atoms with Crippen LogP contribution >= 0.6 is 0 Å². The van der Waals surface area contributed by atoms with Crippen LogP contribution in [-0.2, 0) is 0 Å². The third-order valence-corrected chi connectivity index (χ3v) is 3.28. The molecule has 15 heavy (non-hydrogen) atoms. The van der Waals surface area contributed by atoms with E-state index < -0.39 is 0 Å². The molecule has 0 amide bonds. The minimum atomic E-state index is 0.774. The van der Waals surface area contributed by atoms with E-state index in [4.69, 9.17) is 5.73 Å². The maximum atomic E-state index is 5.75. The van der Waals surface area contributed by atoms with Crippen LogP contribution in [0.5, 0.6) is 0 Å². The molecule has 0 atom stereocenters. The molecule has 1 aromatic heterocycles. The van der Waals surface area contributed by atoms with E-state index in [2.05, 4.69) is 23.0 Å². The van der Waals surface area contributed by atoms with Gasteiger partial charge >= 0.3 is 0 Å². The monoisotopic (exact) mass is 205 g/mol. The number of nitrogen functional groups attached to an aromatic ring is 1. The predicted octanol–water partition coefficient (Wildman–Crippen LogP) is 2.21. The lowest BCUT2D eigenvalue weighted by molar-refractivity contribution is 0.321. The highest BCUT2D eigenvalue weighted by Gasteiger charge is 2.19. The van der Waals surface area contributed by atoms with Crippen LogP contribution in [0.4, 0.5) is 11.5 Å². The summed E-state index contributed by atoms with van der Waals surface area (Å²) in [5.74, 6) is 1.91. The summed E-state index contributed by atoms with van der Waals surface area (Å²) in [7, 11) is 2.11. The van der Waals surface area contributed by atoms with Crippen molar-refractivity contribution in [2.45, 2.75) is 26.2 Å². The molecule has 0 saturated heterocycles. The van der Waals surface area contributed by atoms with Crippen LogP contribution in [0.2, 0.25) is 0 Å². The average molecular weight is 205 g/mol. The standard InChI is InChI=1S/C12H19N3/c1-9-6-12(14-7-11(9)13)15(2)8-10-4-3-5-10/h6-7,10H,3-5,8,13H2,1-2H3. The summed E-state index contributed by atoms with van der Waals surface area (Å²) in [6.45, 7) is 3.15. The lowest BCUT2D eigenvalue weighted by Gasteiger charge is -2.30. The first-order chi connectivity index (χ1) is 7.16. The first-order valence-electron chi connectivity index (χ1n) is 5.60. The van der Waals surface area contributed by atoms with Gasteiger partial charge in [0.05, 0.1) is 11.9 Å². The molecule has 3 nitrogen and oxygen atoms in total. The minimum Gasteiger partial charge on any atom is -0.397 e. The molecule has 2 N–H and O–H groups in total. The average Bonchev–Trinajstić information content (AvgIpc) is 2.15. The molecule has 1 aliphatic carbocycles. The molecular formula is C12H19N3. The molecule has 1 aromatic rings. The summed E-state index contributed by atoms with van der Waals surface area (Å²) >= 11 is 0. The lowest BCUT2D eigenvalue weighted by Crippen LogP contribution is -2.29. The zero-order valence-corrected chi connectivity index (χ0v) is 9.53. The van der Waals surface area contributed by atoms with Gasteiger partial charge in [-0.05, 0) is 37.3 Å². The Balaban J connectivity index is 2.03. The van der Waals surface area contributed by atoms with Crippen LogP contribution in [0.25, 0.3) is 0 Å². The molecule has 0 bridgehead atoms. The molecule has 1 saturated carbocycles. The summed E-state index contributed by atoms with van der Waals surface area (Å²) in [6.07, 6.45) is 5.89. The number of nitrogens with zero attached hydrogens (tertiary/aromatic N) is 2. The first-order valence-corrected chi connectivity index (χ1v) is 5.60. The van der Waals surface area contributed by atoms with Gasteiger partial charge in [-0.15, -0.1) is 0 Å². The Morgan fingerprint density at radius 1 is 1.53 bits per heavy atom. The molecule has 0 spiro atoms. The molecule has 1 aliphatic rings. The summed E-state index contributed by atoms with van der Waals surface area (Å²) < 4.78 is 0. The number of pyridine rings is 1. The van der Waals surface area contributed by atoms with Crippen molar-refractivity contribution in [2.24, 2.45) is 5.92 Å². The van der Waals surface area contributed by atoms with Gasteiger partial charge in [-0.1, -0.05) is 6.42 Å². The van der Waals surface area contributed by atoms with E-state index in [0.717, 1.165) is 29.5 Å². The number of aromatic nitrogens is 1. The van der Waals surface area contributed by atoms with Gasteiger partial charge in [0, 0.05) is 13.6 Å². The van der Waals surface area contributed by atoms with Crippen LogP contribution in [0.15, 0.2) is 12.3 Å². The Bertz CT molecular complexity index is 345. The van der Waals surface area contributed by atoms with Gasteiger partial charge in [0.2, 0.25) is 0 Å². The van der Waals surface area contributed by atoms with Crippen LogP contribution in [0, 0.1) is 12.8 Å². The van der Waals surface area contributed by atoms with Gasteiger partial charge < -0.3 is 10.6 Å². The number of hydrogen-bond acceptors (Lipinski definition) is 3. The smallest absolute Gasteiger partial charge is 0.128 e. The highest BCUT2D eigenvalue weighted by atomic mass is 15.2. The van der Waals surface area contributed by atoms with Crippen molar-refractivity contribution in [1.82, 2.24) is 4.98 Å². The highest BCUT2D eigenvalue weighted by molar-refractivity contribution is 5.51. The van der Waals surface area contributed by atoms with Crippen molar-refractivity contribution in [1.29, 1.82) is 0 Å². The molecule has 0 aliphatic heterocycles.